The molecule has 4 nitrogen and oxygen atoms in total. The summed E-state index contributed by atoms with van der Waals surface area (Å²) < 4.78 is 0. The van der Waals surface area contributed by atoms with E-state index in [9.17, 15) is 4.79 Å². The maximum absolute atomic E-state index is 12.3. The molecule has 1 amide bonds. The van der Waals surface area contributed by atoms with Crippen molar-refractivity contribution < 1.29 is 4.79 Å². The standard InChI is InChI=1S/C24H19N3OS/c1-17-5-7-18(8-6-17)9-10-23(28)26-21-4-2-3-20(15-21)22-16-29-24(27-22)19-11-13-25-14-12-19/h2-16H,1H3,(H,26,28)/b10-9+. The summed E-state index contributed by atoms with van der Waals surface area (Å²) in [5, 5.41) is 5.88. The Morgan fingerprint density at radius 2 is 1.79 bits per heavy atom. The van der Waals surface area contributed by atoms with E-state index < -0.39 is 0 Å². The SMILES string of the molecule is Cc1ccc(/C=C/C(=O)Nc2cccc(-c3csc(-c4ccncc4)n3)c2)cc1. The van der Waals surface area contributed by atoms with Gasteiger partial charge in [0, 0.05) is 40.7 Å². The van der Waals surface area contributed by atoms with Crippen LogP contribution in [0.25, 0.3) is 27.9 Å². The Hall–Kier alpha value is -3.57. The maximum atomic E-state index is 12.3. The van der Waals surface area contributed by atoms with Gasteiger partial charge in [0.15, 0.2) is 0 Å². The minimum absolute atomic E-state index is 0.168. The molecule has 0 unspecified atom stereocenters. The van der Waals surface area contributed by atoms with Gasteiger partial charge in [-0.2, -0.15) is 0 Å². The molecule has 0 atom stereocenters. The van der Waals surface area contributed by atoms with E-state index in [1.54, 1.807) is 35.9 Å². The molecule has 0 aliphatic carbocycles. The molecule has 4 rings (SSSR count). The van der Waals surface area contributed by atoms with Gasteiger partial charge in [0.1, 0.15) is 5.01 Å². The lowest BCUT2D eigenvalue weighted by Gasteiger charge is -2.04. The third kappa shape index (κ3) is 4.83. The van der Waals surface area contributed by atoms with E-state index in [0.717, 1.165) is 33.1 Å². The van der Waals surface area contributed by atoms with Crippen molar-refractivity contribution in [2.75, 3.05) is 5.32 Å². The lowest BCUT2D eigenvalue weighted by atomic mass is 10.1. The molecule has 0 aliphatic heterocycles. The molecule has 0 spiro atoms. The highest BCUT2D eigenvalue weighted by atomic mass is 32.1. The number of amides is 1. The number of pyridine rings is 1. The van der Waals surface area contributed by atoms with Gasteiger partial charge in [-0.3, -0.25) is 9.78 Å². The van der Waals surface area contributed by atoms with E-state index in [4.69, 9.17) is 4.98 Å². The third-order valence-electron chi connectivity index (χ3n) is 4.36. The third-order valence-corrected chi connectivity index (χ3v) is 5.25. The zero-order chi connectivity index (χ0) is 20.1. The van der Waals surface area contributed by atoms with Crippen molar-refractivity contribution in [1.29, 1.82) is 0 Å². The maximum Gasteiger partial charge on any atom is 0.248 e. The Balaban J connectivity index is 1.47. The highest BCUT2D eigenvalue weighted by Gasteiger charge is 2.08. The number of aryl methyl sites for hydroxylation is 1. The summed E-state index contributed by atoms with van der Waals surface area (Å²) in [6.45, 7) is 2.04. The number of nitrogens with one attached hydrogen (secondary N) is 1. The van der Waals surface area contributed by atoms with E-state index in [2.05, 4.69) is 10.3 Å². The fraction of sp³-hybridized carbons (Fsp3) is 0.0417. The molecule has 0 bridgehead atoms. The van der Waals surface area contributed by atoms with Crippen molar-refractivity contribution in [2.24, 2.45) is 0 Å². The molecule has 142 valence electrons. The normalized spacial score (nSPS) is 10.9. The molecule has 0 saturated heterocycles. The molecule has 2 heterocycles. The molecule has 4 aromatic rings. The fourth-order valence-corrected chi connectivity index (χ4v) is 3.66. The quantitative estimate of drug-likeness (QED) is 0.431. The summed E-state index contributed by atoms with van der Waals surface area (Å²) in [5.74, 6) is -0.168. The van der Waals surface area contributed by atoms with Crippen LogP contribution in [-0.4, -0.2) is 15.9 Å². The first kappa shape index (κ1) is 18.8. The summed E-state index contributed by atoms with van der Waals surface area (Å²) in [5.41, 5.74) is 5.81. The number of hydrogen-bond donors (Lipinski definition) is 1. The van der Waals surface area contributed by atoms with Crippen LogP contribution in [0.5, 0.6) is 0 Å². The molecule has 0 fully saturated rings. The number of aromatic nitrogens is 2. The molecule has 29 heavy (non-hydrogen) atoms. The second-order valence-corrected chi connectivity index (χ2v) is 7.45. The molecule has 0 aliphatic rings. The van der Waals surface area contributed by atoms with Gasteiger partial charge in [-0.15, -0.1) is 11.3 Å². The molecule has 0 radical (unpaired) electrons. The van der Waals surface area contributed by atoms with Crippen molar-refractivity contribution >= 4 is 29.0 Å². The Labute approximate surface area is 173 Å². The Kier molecular flexibility index (Phi) is 5.59. The lowest BCUT2D eigenvalue weighted by Crippen LogP contribution is -2.07. The zero-order valence-corrected chi connectivity index (χ0v) is 16.7. The fourth-order valence-electron chi connectivity index (χ4n) is 2.82. The van der Waals surface area contributed by atoms with Crippen molar-refractivity contribution in [3.8, 4) is 21.8 Å². The average Bonchev–Trinajstić information content (AvgIpc) is 3.25. The second kappa shape index (κ2) is 8.63. The van der Waals surface area contributed by atoms with Crippen LogP contribution >= 0.6 is 11.3 Å². The van der Waals surface area contributed by atoms with E-state index in [1.165, 1.54) is 5.56 Å². The van der Waals surface area contributed by atoms with Crippen molar-refractivity contribution in [2.45, 2.75) is 6.92 Å². The van der Waals surface area contributed by atoms with Gasteiger partial charge in [0.2, 0.25) is 5.91 Å². The van der Waals surface area contributed by atoms with Crippen molar-refractivity contribution in [1.82, 2.24) is 9.97 Å². The summed E-state index contributed by atoms with van der Waals surface area (Å²) in [6, 6.07) is 19.6. The van der Waals surface area contributed by atoms with Gasteiger partial charge >= 0.3 is 0 Å². The zero-order valence-electron chi connectivity index (χ0n) is 15.9. The van der Waals surface area contributed by atoms with Crippen LogP contribution in [-0.2, 0) is 4.79 Å². The van der Waals surface area contributed by atoms with Gasteiger partial charge in [-0.05, 0) is 42.8 Å². The minimum Gasteiger partial charge on any atom is -0.322 e. The highest BCUT2D eigenvalue weighted by molar-refractivity contribution is 7.13. The molecule has 5 heteroatoms. The molecule has 0 saturated carbocycles. The number of benzene rings is 2. The van der Waals surface area contributed by atoms with E-state index in [1.807, 2.05) is 73.0 Å². The summed E-state index contributed by atoms with van der Waals surface area (Å²) >= 11 is 1.59. The Morgan fingerprint density at radius 1 is 1.00 bits per heavy atom. The van der Waals surface area contributed by atoms with Crippen LogP contribution in [0.3, 0.4) is 0 Å². The van der Waals surface area contributed by atoms with Crippen LogP contribution in [0.4, 0.5) is 5.69 Å². The minimum atomic E-state index is -0.168. The first-order valence-corrected chi connectivity index (χ1v) is 10.1. The Bertz CT molecular complexity index is 1150. The monoisotopic (exact) mass is 397 g/mol. The predicted molar refractivity (Wildman–Crippen MR) is 120 cm³/mol. The summed E-state index contributed by atoms with van der Waals surface area (Å²) in [6.07, 6.45) is 6.87. The Morgan fingerprint density at radius 3 is 2.59 bits per heavy atom. The average molecular weight is 398 g/mol. The van der Waals surface area contributed by atoms with Crippen LogP contribution in [0.2, 0.25) is 0 Å². The van der Waals surface area contributed by atoms with Gasteiger partial charge < -0.3 is 5.32 Å². The second-order valence-electron chi connectivity index (χ2n) is 6.59. The smallest absolute Gasteiger partial charge is 0.248 e. The summed E-state index contributed by atoms with van der Waals surface area (Å²) in [4.78, 5) is 21.0. The molecular weight excluding hydrogens is 378 g/mol. The number of carbonyl (C=O) groups excluding carboxylic acids is 1. The van der Waals surface area contributed by atoms with E-state index in [-0.39, 0.29) is 5.91 Å². The number of nitrogens with zero attached hydrogens (tertiary/aromatic N) is 2. The molecule has 1 N–H and O–H groups in total. The first-order valence-electron chi connectivity index (χ1n) is 9.19. The van der Waals surface area contributed by atoms with Crippen LogP contribution < -0.4 is 5.32 Å². The number of hydrogen-bond acceptors (Lipinski definition) is 4. The first-order chi connectivity index (χ1) is 14.2. The van der Waals surface area contributed by atoms with Gasteiger partial charge in [0.25, 0.3) is 0 Å². The highest BCUT2D eigenvalue weighted by Crippen LogP contribution is 2.29. The van der Waals surface area contributed by atoms with Crippen molar-refractivity contribution in [3.05, 3.63) is 95.6 Å². The predicted octanol–water partition coefficient (Wildman–Crippen LogP) is 5.83. The molecule has 2 aromatic heterocycles. The van der Waals surface area contributed by atoms with Gasteiger partial charge in [-0.1, -0.05) is 42.0 Å². The van der Waals surface area contributed by atoms with Crippen LogP contribution in [0.15, 0.2) is 84.5 Å². The van der Waals surface area contributed by atoms with E-state index in [0.29, 0.717) is 0 Å². The molecular formula is C24H19N3OS. The van der Waals surface area contributed by atoms with Crippen molar-refractivity contribution in [3.63, 3.8) is 0 Å². The largest absolute Gasteiger partial charge is 0.322 e. The number of anilines is 1. The molecule has 2 aromatic carbocycles. The van der Waals surface area contributed by atoms with E-state index >= 15 is 0 Å². The number of carbonyl (C=O) groups is 1. The topological polar surface area (TPSA) is 54.9 Å². The van der Waals surface area contributed by atoms with Crippen LogP contribution in [0.1, 0.15) is 11.1 Å². The number of rotatable bonds is 5. The van der Waals surface area contributed by atoms with Gasteiger partial charge in [0.05, 0.1) is 5.69 Å². The summed E-state index contributed by atoms with van der Waals surface area (Å²) in [7, 11) is 0. The van der Waals surface area contributed by atoms with Gasteiger partial charge in [-0.25, -0.2) is 4.98 Å². The van der Waals surface area contributed by atoms with Crippen LogP contribution in [0, 0.1) is 6.92 Å². The lowest BCUT2D eigenvalue weighted by molar-refractivity contribution is -0.111. The number of thiazole rings is 1.